The number of carbonyl (C=O) groups excluding carboxylic acids is 2. The van der Waals surface area contributed by atoms with Gasteiger partial charge in [-0.2, -0.15) is 23.1 Å². The minimum Gasteiger partial charge on any atom is -0.467 e. The van der Waals surface area contributed by atoms with Crippen molar-refractivity contribution < 1.29 is 37.0 Å². The van der Waals surface area contributed by atoms with Crippen LogP contribution in [0.3, 0.4) is 0 Å². The van der Waals surface area contributed by atoms with E-state index in [1.807, 2.05) is 0 Å². The van der Waals surface area contributed by atoms with Crippen LogP contribution in [0.4, 0.5) is 29.3 Å². The van der Waals surface area contributed by atoms with E-state index < -0.39 is 29.3 Å². The third kappa shape index (κ3) is 6.48. The Bertz CT molecular complexity index is 1260. The van der Waals surface area contributed by atoms with Gasteiger partial charge in [-0.15, -0.1) is 0 Å². The molecule has 1 fully saturated rings. The normalized spacial score (nSPS) is 16.9. The lowest BCUT2D eigenvalue weighted by atomic mass is 9.97. The third-order valence-corrected chi connectivity index (χ3v) is 5.71. The first-order valence-electron chi connectivity index (χ1n) is 11.4. The molecule has 4 rings (SSSR count). The Labute approximate surface area is 215 Å². The molecule has 0 bridgehead atoms. The van der Waals surface area contributed by atoms with Gasteiger partial charge >= 0.3 is 18.3 Å². The van der Waals surface area contributed by atoms with Crippen molar-refractivity contribution >= 4 is 23.4 Å². The molecule has 1 saturated heterocycles. The molecule has 2 heterocycles. The van der Waals surface area contributed by atoms with E-state index in [1.54, 1.807) is 24.3 Å². The first-order valence-corrected chi connectivity index (χ1v) is 11.4. The number of carbonyl (C=O) groups is 2. The highest BCUT2D eigenvalue weighted by atomic mass is 19.4. The number of nitrogens with zero attached hydrogens (tertiary/aromatic N) is 2. The van der Waals surface area contributed by atoms with Gasteiger partial charge in [-0.1, -0.05) is 24.3 Å². The molecular formula is C25H24F3N5O5. The molecule has 0 saturated carbocycles. The predicted octanol–water partition coefficient (Wildman–Crippen LogP) is 3.81. The van der Waals surface area contributed by atoms with Crippen LogP contribution in [-0.4, -0.2) is 47.8 Å². The monoisotopic (exact) mass is 531 g/mol. The van der Waals surface area contributed by atoms with Gasteiger partial charge in [0, 0.05) is 25.3 Å². The van der Waals surface area contributed by atoms with Crippen molar-refractivity contribution in [2.45, 2.75) is 24.7 Å². The molecule has 1 aliphatic heterocycles. The second-order valence-electron chi connectivity index (χ2n) is 8.35. The number of nitrogens with one attached hydrogen (secondary N) is 3. The lowest BCUT2D eigenvalue weighted by Crippen LogP contribution is -2.59. The van der Waals surface area contributed by atoms with Crippen LogP contribution in [0.5, 0.6) is 11.8 Å². The number of aromatic nitrogens is 2. The highest BCUT2D eigenvalue weighted by molar-refractivity contribution is 5.90. The number of hydrogen-bond acceptors (Lipinski definition) is 8. The van der Waals surface area contributed by atoms with E-state index in [0.717, 1.165) is 6.07 Å². The van der Waals surface area contributed by atoms with Gasteiger partial charge in [0.05, 0.1) is 37.4 Å². The van der Waals surface area contributed by atoms with E-state index in [4.69, 9.17) is 14.2 Å². The molecule has 1 aliphatic rings. The van der Waals surface area contributed by atoms with Crippen LogP contribution in [0.2, 0.25) is 0 Å². The van der Waals surface area contributed by atoms with Crippen LogP contribution in [0.25, 0.3) is 0 Å². The summed E-state index contributed by atoms with van der Waals surface area (Å²) in [6.45, 7) is 0.330. The van der Waals surface area contributed by atoms with Gasteiger partial charge in [-0.05, 0) is 29.8 Å². The Morgan fingerprint density at radius 2 is 1.79 bits per heavy atom. The largest absolute Gasteiger partial charge is 0.467 e. The Morgan fingerprint density at radius 1 is 1.08 bits per heavy atom. The van der Waals surface area contributed by atoms with Crippen LogP contribution >= 0.6 is 0 Å². The Hall–Kier alpha value is -4.39. The van der Waals surface area contributed by atoms with Crippen molar-refractivity contribution in [3.63, 3.8) is 0 Å². The van der Waals surface area contributed by atoms with E-state index in [0.29, 0.717) is 11.3 Å². The van der Waals surface area contributed by atoms with Gasteiger partial charge in [0.25, 0.3) is 0 Å². The maximum Gasteiger partial charge on any atom is 0.418 e. The zero-order valence-electron chi connectivity index (χ0n) is 20.2. The highest BCUT2D eigenvalue weighted by Crippen LogP contribution is 2.35. The van der Waals surface area contributed by atoms with Gasteiger partial charge in [-0.3, -0.25) is 4.79 Å². The van der Waals surface area contributed by atoms with Crippen LogP contribution in [0, 0.1) is 0 Å². The minimum absolute atomic E-state index is 0.0471. The molecule has 13 heteroatoms. The van der Waals surface area contributed by atoms with Crippen molar-refractivity contribution in [2.24, 2.45) is 0 Å². The van der Waals surface area contributed by atoms with Crippen LogP contribution in [0.1, 0.15) is 17.5 Å². The molecule has 38 heavy (non-hydrogen) atoms. The summed E-state index contributed by atoms with van der Waals surface area (Å²) in [7, 11) is 1.40. The van der Waals surface area contributed by atoms with Crippen molar-refractivity contribution in [1.82, 2.24) is 20.6 Å². The van der Waals surface area contributed by atoms with Gasteiger partial charge in [0.1, 0.15) is 5.54 Å². The molecule has 2 aromatic carbocycles. The van der Waals surface area contributed by atoms with E-state index in [1.165, 1.54) is 37.7 Å². The minimum atomic E-state index is -4.49. The second-order valence-corrected chi connectivity index (χ2v) is 8.35. The summed E-state index contributed by atoms with van der Waals surface area (Å²) in [6.07, 6.45) is -2.63. The molecule has 3 aromatic rings. The highest BCUT2D eigenvalue weighted by Gasteiger charge is 2.44. The van der Waals surface area contributed by atoms with Crippen molar-refractivity contribution in [3.8, 4) is 11.8 Å². The number of ether oxygens (including phenoxy) is 3. The molecule has 200 valence electrons. The fourth-order valence-electron chi connectivity index (χ4n) is 3.74. The molecule has 0 radical (unpaired) electrons. The number of para-hydroxylation sites is 1. The van der Waals surface area contributed by atoms with Crippen LogP contribution in [-0.2, 0) is 22.3 Å². The Balaban J connectivity index is 1.35. The van der Waals surface area contributed by atoms with Crippen molar-refractivity contribution in [3.05, 3.63) is 72.1 Å². The van der Waals surface area contributed by atoms with Gasteiger partial charge in [-0.25, -0.2) is 4.79 Å². The van der Waals surface area contributed by atoms with Crippen LogP contribution in [0.15, 0.2) is 60.9 Å². The fraction of sp³-hybridized carbons (Fsp3) is 0.280. The summed E-state index contributed by atoms with van der Waals surface area (Å²) in [6, 6.07) is 11.8. The van der Waals surface area contributed by atoms with Crippen LogP contribution < -0.4 is 25.4 Å². The predicted molar refractivity (Wildman–Crippen MR) is 129 cm³/mol. The molecule has 1 aromatic heterocycles. The number of anilines is 2. The zero-order chi connectivity index (χ0) is 27.2. The van der Waals surface area contributed by atoms with Gasteiger partial charge < -0.3 is 30.2 Å². The van der Waals surface area contributed by atoms with Gasteiger partial charge in [0.15, 0.2) is 5.75 Å². The average Bonchev–Trinajstić information content (AvgIpc) is 3.37. The Morgan fingerprint density at radius 3 is 2.42 bits per heavy atom. The van der Waals surface area contributed by atoms with E-state index in [9.17, 15) is 22.8 Å². The quantitative estimate of drug-likeness (QED) is 0.401. The molecule has 0 unspecified atom stereocenters. The number of amides is 2. The summed E-state index contributed by atoms with van der Waals surface area (Å²) >= 11 is 0. The maximum atomic E-state index is 13.2. The van der Waals surface area contributed by atoms with Gasteiger partial charge in [0.2, 0.25) is 5.91 Å². The molecule has 2 amide bonds. The molecule has 1 atom stereocenters. The maximum absolute atomic E-state index is 13.2. The van der Waals surface area contributed by atoms with Crippen molar-refractivity contribution in [2.75, 3.05) is 25.6 Å². The summed E-state index contributed by atoms with van der Waals surface area (Å²) in [5, 5.41) is 8.11. The number of methoxy groups -OCH3 is 1. The molecule has 3 N–H and O–H groups in total. The van der Waals surface area contributed by atoms with Crippen molar-refractivity contribution in [1.29, 1.82) is 0 Å². The lowest BCUT2D eigenvalue weighted by Gasteiger charge is -2.27. The lowest BCUT2D eigenvalue weighted by molar-refractivity contribution is -0.137. The molecular weight excluding hydrogens is 507 g/mol. The molecule has 0 spiro atoms. The number of alkyl halides is 3. The molecule has 10 nitrogen and oxygen atoms in total. The van der Waals surface area contributed by atoms with E-state index >= 15 is 0 Å². The topological polar surface area (TPSA) is 124 Å². The first-order chi connectivity index (χ1) is 18.2. The average molecular weight is 531 g/mol. The summed E-state index contributed by atoms with van der Waals surface area (Å²) in [4.78, 5) is 33.2. The standard InChI is InChI=1S/C25H24F3N5O5/c1-36-22-30-13-18(14-31-22)38-23(35)33-24(10-11-37-15-24)21(34)29-12-16-6-8-17(9-7-16)32-20-5-3-2-4-19(20)25(26,27)28/h2-9,13-14,32H,10-12,15H2,1H3,(H,29,34)(H,33,35)/t24-/m0/s1. The summed E-state index contributed by atoms with van der Waals surface area (Å²) < 4.78 is 55.1. The van der Waals surface area contributed by atoms with E-state index in [2.05, 4.69) is 25.9 Å². The third-order valence-electron chi connectivity index (χ3n) is 5.71. The number of rotatable bonds is 8. The van der Waals surface area contributed by atoms with E-state index in [-0.39, 0.29) is 43.6 Å². The smallest absolute Gasteiger partial charge is 0.418 e. The summed E-state index contributed by atoms with van der Waals surface area (Å²) in [5.41, 5.74) is -1.04. The number of hydrogen-bond donors (Lipinski definition) is 3. The SMILES string of the molecule is COc1ncc(OC(=O)N[C@@]2(C(=O)NCc3ccc(Nc4ccccc4C(F)(F)F)cc3)CCOC2)cn1. The second kappa shape index (κ2) is 11.3. The zero-order valence-corrected chi connectivity index (χ0v) is 20.2. The molecule has 0 aliphatic carbocycles. The number of halogens is 3. The number of benzene rings is 2. The fourth-order valence-corrected chi connectivity index (χ4v) is 3.74. The first kappa shape index (κ1) is 26.7. The summed E-state index contributed by atoms with van der Waals surface area (Å²) in [5.74, 6) is -0.413. The Kier molecular flexibility index (Phi) is 7.96.